The predicted molar refractivity (Wildman–Crippen MR) is 132 cm³/mol. The lowest BCUT2D eigenvalue weighted by molar-refractivity contribution is 0.0987. The Bertz CT molecular complexity index is 1100. The number of fused-ring (bicyclic) bond motifs is 1. The first-order valence-electron chi connectivity index (χ1n) is 11.6. The molecule has 1 unspecified atom stereocenters. The van der Waals surface area contributed by atoms with Crippen LogP contribution in [-0.2, 0) is 11.3 Å². The Labute approximate surface area is 198 Å². The largest absolute Gasteiger partial charge is 0.377 e. The highest BCUT2D eigenvalue weighted by molar-refractivity contribution is 7.18. The van der Waals surface area contributed by atoms with Crippen molar-refractivity contribution < 1.29 is 4.74 Å². The summed E-state index contributed by atoms with van der Waals surface area (Å²) in [5.74, 6) is 1.84. The van der Waals surface area contributed by atoms with Crippen molar-refractivity contribution in [2.24, 2.45) is 0 Å². The molecule has 2 fully saturated rings. The molecule has 0 bridgehead atoms. The number of piperidine rings is 1. The Balaban J connectivity index is 1.50. The molecule has 0 aromatic carbocycles. The molecule has 0 radical (unpaired) electrons. The van der Waals surface area contributed by atoms with E-state index in [2.05, 4.69) is 51.8 Å². The lowest BCUT2D eigenvalue weighted by Gasteiger charge is -2.35. The summed E-state index contributed by atoms with van der Waals surface area (Å²) in [6.07, 6.45) is 5.82. The molecule has 3 aromatic heterocycles. The third-order valence-corrected chi connectivity index (χ3v) is 7.72. The molecule has 2 saturated heterocycles. The number of aromatic nitrogens is 4. The van der Waals surface area contributed by atoms with E-state index in [9.17, 15) is 0 Å². The SMILES string of the molecule is CC1COCCN1c1nc(-c2cnc(N)nc2)nc2sc(CN(C)C3CCN(C)CC3)cc12. The van der Waals surface area contributed by atoms with Crippen LogP contribution in [0.2, 0.25) is 0 Å². The zero-order chi connectivity index (χ0) is 22.9. The van der Waals surface area contributed by atoms with Crippen LogP contribution in [0.25, 0.3) is 21.6 Å². The van der Waals surface area contributed by atoms with Crippen LogP contribution in [0.4, 0.5) is 11.8 Å². The van der Waals surface area contributed by atoms with Crippen molar-refractivity contribution in [2.45, 2.75) is 38.4 Å². The maximum atomic E-state index is 5.69. The molecule has 0 aliphatic carbocycles. The minimum Gasteiger partial charge on any atom is -0.377 e. The standard InChI is InChI=1S/C23H32N8OS/c1-15-14-32-9-8-31(15)21-19-10-18(13-30(3)17-4-6-29(2)7-5-17)33-22(19)28-20(27-21)16-11-25-23(24)26-12-16/h10-12,15,17H,4-9,13-14H2,1-3H3,(H2,24,25,26). The summed E-state index contributed by atoms with van der Waals surface area (Å²) >= 11 is 1.75. The van der Waals surface area contributed by atoms with Gasteiger partial charge in [0.1, 0.15) is 10.6 Å². The van der Waals surface area contributed by atoms with Gasteiger partial charge in [-0.2, -0.15) is 0 Å². The summed E-state index contributed by atoms with van der Waals surface area (Å²) in [6, 6.07) is 3.16. The molecule has 9 nitrogen and oxygen atoms in total. The number of nitrogen functional groups attached to an aromatic ring is 1. The number of morpholine rings is 1. The number of hydrogen-bond donors (Lipinski definition) is 1. The minimum absolute atomic E-state index is 0.247. The average Bonchev–Trinajstić information content (AvgIpc) is 3.22. The molecule has 3 aromatic rings. The molecule has 2 aliphatic rings. The van der Waals surface area contributed by atoms with E-state index >= 15 is 0 Å². The van der Waals surface area contributed by atoms with Gasteiger partial charge in [-0.1, -0.05) is 0 Å². The average molecular weight is 469 g/mol. The van der Waals surface area contributed by atoms with E-state index in [1.807, 2.05) is 0 Å². The van der Waals surface area contributed by atoms with Gasteiger partial charge < -0.3 is 20.3 Å². The molecule has 5 heterocycles. The number of ether oxygens (including phenoxy) is 1. The van der Waals surface area contributed by atoms with Crippen molar-refractivity contribution in [3.05, 3.63) is 23.3 Å². The summed E-state index contributed by atoms with van der Waals surface area (Å²) in [4.78, 5) is 27.7. The van der Waals surface area contributed by atoms with E-state index in [0.717, 1.165) is 34.7 Å². The predicted octanol–water partition coefficient (Wildman–Crippen LogP) is 2.48. The zero-order valence-corrected chi connectivity index (χ0v) is 20.4. The van der Waals surface area contributed by atoms with Crippen molar-refractivity contribution in [1.29, 1.82) is 0 Å². The van der Waals surface area contributed by atoms with Crippen LogP contribution in [0.15, 0.2) is 18.5 Å². The van der Waals surface area contributed by atoms with Gasteiger partial charge in [0.25, 0.3) is 0 Å². The van der Waals surface area contributed by atoms with E-state index in [-0.39, 0.29) is 12.0 Å². The van der Waals surface area contributed by atoms with Gasteiger partial charge in [0.05, 0.1) is 30.2 Å². The monoisotopic (exact) mass is 468 g/mol. The molecule has 0 saturated carbocycles. The van der Waals surface area contributed by atoms with Crippen LogP contribution in [0, 0.1) is 0 Å². The number of rotatable bonds is 5. The van der Waals surface area contributed by atoms with E-state index in [0.29, 0.717) is 25.1 Å². The Morgan fingerprint density at radius 1 is 1.18 bits per heavy atom. The number of anilines is 2. The molecular formula is C23H32N8OS. The van der Waals surface area contributed by atoms with Gasteiger partial charge in [0, 0.05) is 36.4 Å². The van der Waals surface area contributed by atoms with Crippen LogP contribution < -0.4 is 10.6 Å². The van der Waals surface area contributed by atoms with Gasteiger partial charge in [0.15, 0.2) is 5.82 Å². The van der Waals surface area contributed by atoms with Crippen molar-refractivity contribution >= 4 is 33.3 Å². The Kier molecular flexibility index (Phi) is 6.42. The third kappa shape index (κ3) is 4.79. The highest BCUT2D eigenvalue weighted by atomic mass is 32.1. The quantitative estimate of drug-likeness (QED) is 0.606. The normalized spacial score (nSPS) is 20.7. The van der Waals surface area contributed by atoms with Gasteiger partial charge in [-0.15, -0.1) is 11.3 Å². The maximum absolute atomic E-state index is 5.69. The molecule has 0 spiro atoms. The first kappa shape index (κ1) is 22.4. The number of hydrogen-bond acceptors (Lipinski definition) is 10. The summed E-state index contributed by atoms with van der Waals surface area (Å²) < 4.78 is 5.68. The van der Waals surface area contributed by atoms with Crippen LogP contribution in [0.1, 0.15) is 24.6 Å². The topological polar surface area (TPSA) is 96.5 Å². The lowest BCUT2D eigenvalue weighted by atomic mass is 10.0. The van der Waals surface area contributed by atoms with Gasteiger partial charge in [-0.3, -0.25) is 4.90 Å². The van der Waals surface area contributed by atoms with Crippen LogP contribution >= 0.6 is 11.3 Å². The molecule has 2 aliphatic heterocycles. The molecule has 0 amide bonds. The minimum atomic E-state index is 0.247. The summed E-state index contributed by atoms with van der Waals surface area (Å²) in [5, 5.41) is 1.11. The molecule has 33 heavy (non-hydrogen) atoms. The van der Waals surface area contributed by atoms with Gasteiger partial charge in [-0.25, -0.2) is 19.9 Å². The molecule has 2 N–H and O–H groups in total. The van der Waals surface area contributed by atoms with Gasteiger partial charge in [0.2, 0.25) is 5.95 Å². The van der Waals surface area contributed by atoms with Crippen molar-refractivity contribution in [2.75, 3.05) is 57.6 Å². The Morgan fingerprint density at radius 3 is 2.67 bits per heavy atom. The molecule has 1 atom stereocenters. The van der Waals surface area contributed by atoms with Crippen LogP contribution in [0.5, 0.6) is 0 Å². The second-order valence-electron chi connectivity index (χ2n) is 9.20. The number of nitrogens with two attached hydrogens (primary N) is 1. The van der Waals surface area contributed by atoms with Gasteiger partial charge in [-0.05, 0) is 53.0 Å². The summed E-state index contributed by atoms with van der Waals surface area (Å²) in [7, 11) is 4.45. The van der Waals surface area contributed by atoms with Crippen molar-refractivity contribution in [3.8, 4) is 11.4 Å². The zero-order valence-electron chi connectivity index (χ0n) is 19.6. The summed E-state index contributed by atoms with van der Waals surface area (Å²) in [6.45, 7) is 7.64. The fraction of sp³-hybridized carbons (Fsp3) is 0.565. The second-order valence-corrected chi connectivity index (χ2v) is 10.3. The Hall–Kier alpha value is -2.40. The third-order valence-electron chi connectivity index (χ3n) is 6.71. The van der Waals surface area contributed by atoms with Gasteiger partial charge >= 0.3 is 0 Å². The van der Waals surface area contributed by atoms with Crippen molar-refractivity contribution in [1.82, 2.24) is 29.7 Å². The number of likely N-dealkylation sites (tertiary alicyclic amines) is 1. The van der Waals surface area contributed by atoms with E-state index in [1.165, 1.54) is 30.8 Å². The molecule has 5 rings (SSSR count). The van der Waals surface area contributed by atoms with E-state index < -0.39 is 0 Å². The second kappa shape index (κ2) is 9.46. The lowest BCUT2D eigenvalue weighted by Crippen LogP contribution is -2.44. The number of nitrogens with zero attached hydrogens (tertiary/aromatic N) is 7. The molecular weight excluding hydrogens is 436 g/mol. The number of thiophene rings is 1. The highest BCUT2D eigenvalue weighted by Gasteiger charge is 2.26. The molecule has 10 heteroatoms. The maximum Gasteiger partial charge on any atom is 0.219 e. The van der Waals surface area contributed by atoms with E-state index in [1.54, 1.807) is 23.7 Å². The van der Waals surface area contributed by atoms with E-state index in [4.69, 9.17) is 20.4 Å². The summed E-state index contributed by atoms with van der Waals surface area (Å²) in [5.41, 5.74) is 6.46. The first-order chi connectivity index (χ1) is 16.0. The molecule has 176 valence electrons. The fourth-order valence-electron chi connectivity index (χ4n) is 4.69. The highest BCUT2D eigenvalue weighted by Crippen LogP contribution is 2.35. The fourth-order valence-corrected chi connectivity index (χ4v) is 5.77. The van der Waals surface area contributed by atoms with Crippen LogP contribution in [-0.4, -0.2) is 88.8 Å². The smallest absolute Gasteiger partial charge is 0.219 e. The van der Waals surface area contributed by atoms with Crippen LogP contribution in [0.3, 0.4) is 0 Å². The Morgan fingerprint density at radius 2 is 1.94 bits per heavy atom. The van der Waals surface area contributed by atoms with Crippen molar-refractivity contribution in [3.63, 3.8) is 0 Å². The first-order valence-corrected chi connectivity index (χ1v) is 12.4.